The van der Waals surface area contributed by atoms with Gasteiger partial charge in [0.1, 0.15) is 0 Å². The van der Waals surface area contributed by atoms with Crippen molar-refractivity contribution in [2.45, 2.75) is 39.7 Å². The standard InChI is InChI=1S/C15H24N2/c1-5-6-7-8-12-11-17-14(13(12)10-16)9-15(2,3)4/h5-7,12-14,17H,1,8-9,11H2,2-4H3. The smallest absolute Gasteiger partial charge is 0.0675 e. The van der Waals surface area contributed by atoms with Crippen LogP contribution in [0.1, 0.15) is 33.6 Å². The summed E-state index contributed by atoms with van der Waals surface area (Å²) in [7, 11) is 0. The van der Waals surface area contributed by atoms with Gasteiger partial charge in [-0.1, -0.05) is 45.6 Å². The van der Waals surface area contributed by atoms with Crippen molar-refractivity contribution >= 4 is 0 Å². The lowest BCUT2D eigenvalue weighted by Gasteiger charge is -2.25. The normalized spacial score (nSPS) is 29.4. The fourth-order valence-corrected chi connectivity index (χ4v) is 2.52. The zero-order chi connectivity index (χ0) is 12.9. The van der Waals surface area contributed by atoms with E-state index in [1.165, 1.54) is 0 Å². The van der Waals surface area contributed by atoms with Crippen LogP contribution in [0.3, 0.4) is 0 Å². The van der Waals surface area contributed by atoms with Gasteiger partial charge in [-0.3, -0.25) is 0 Å². The van der Waals surface area contributed by atoms with Crippen molar-refractivity contribution in [3.8, 4) is 6.07 Å². The predicted octanol–water partition coefficient (Wildman–Crippen LogP) is 3.28. The molecular weight excluding hydrogens is 208 g/mol. The lowest BCUT2D eigenvalue weighted by molar-refractivity contribution is 0.297. The van der Waals surface area contributed by atoms with E-state index in [0.717, 1.165) is 19.4 Å². The molecule has 2 heteroatoms. The molecule has 1 N–H and O–H groups in total. The Labute approximate surface area is 105 Å². The number of rotatable bonds is 4. The largest absolute Gasteiger partial charge is 0.312 e. The molecule has 2 nitrogen and oxygen atoms in total. The molecule has 1 heterocycles. The highest BCUT2D eigenvalue weighted by Gasteiger charge is 2.36. The number of nitrogens with one attached hydrogen (secondary N) is 1. The molecule has 0 spiro atoms. The van der Waals surface area contributed by atoms with Gasteiger partial charge in [-0.2, -0.15) is 5.26 Å². The molecule has 94 valence electrons. The van der Waals surface area contributed by atoms with E-state index in [0.29, 0.717) is 12.0 Å². The van der Waals surface area contributed by atoms with E-state index < -0.39 is 0 Å². The van der Waals surface area contributed by atoms with Crippen LogP contribution in [0.25, 0.3) is 0 Å². The van der Waals surface area contributed by atoms with Crippen LogP contribution >= 0.6 is 0 Å². The van der Waals surface area contributed by atoms with Crippen molar-refractivity contribution in [3.05, 3.63) is 24.8 Å². The van der Waals surface area contributed by atoms with E-state index in [2.05, 4.69) is 44.8 Å². The van der Waals surface area contributed by atoms with Crippen molar-refractivity contribution in [1.82, 2.24) is 5.32 Å². The van der Waals surface area contributed by atoms with E-state index in [-0.39, 0.29) is 11.3 Å². The number of nitrogens with zero attached hydrogens (tertiary/aromatic N) is 1. The first-order valence-electron chi connectivity index (χ1n) is 6.38. The maximum Gasteiger partial charge on any atom is 0.0675 e. The Morgan fingerprint density at radius 3 is 2.71 bits per heavy atom. The summed E-state index contributed by atoms with van der Waals surface area (Å²) in [6.07, 6.45) is 7.90. The molecule has 1 saturated heterocycles. The SMILES string of the molecule is C=CC=CCC1CNC(CC(C)(C)C)C1C#N. The summed E-state index contributed by atoms with van der Waals surface area (Å²) < 4.78 is 0. The number of allylic oxidation sites excluding steroid dienone is 3. The zero-order valence-electron chi connectivity index (χ0n) is 11.2. The van der Waals surface area contributed by atoms with Crippen LogP contribution in [-0.4, -0.2) is 12.6 Å². The molecular formula is C15H24N2. The molecule has 0 radical (unpaired) electrons. The molecule has 0 aromatic carbocycles. The van der Waals surface area contributed by atoms with Gasteiger partial charge in [0.15, 0.2) is 0 Å². The van der Waals surface area contributed by atoms with E-state index in [1.807, 2.05) is 6.08 Å². The number of nitriles is 1. The third kappa shape index (κ3) is 4.36. The Morgan fingerprint density at radius 1 is 1.47 bits per heavy atom. The van der Waals surface area contributed by atoms with E-state index in [1.54, 1.807) is 6.08 Å². The van der Waals surface area contributed by atoms with Crippen LogP contribution in [0.2, 0.25) is 0 Å². The Bertz CT molecular complexity index is 317. The maximum absolute atomic E-state index is 9.33. The molecule has 1 rings (SSSR count). The summed E-state index contributed by atoms with van der Waals surface area (Å²) >= 11 is 0. The summed E-state index contributed by atoms with van der Waals surface area (Å²) in [6.45, 7) is 11.3. The first-order valence-corrected chi connectivity index (χ1v) is 6.38. The first-order chi connectivity index (χ1) is 7.98. The molecule has 0 aromatic rings. The van der Waals surface area contributed by atoms with Gasteiger partial charge in [0.2, 0.25) is 0 Å². The minimum Gasteiger partial charge on any atom is -0.312 e. The molecule has 3 atom stereocenters. The second-order valence-corrected chi connectivity index (χ2v) is 6.09. The van der Waals surface area contributed by atoms with Gasteiger partial charge in [-0.05, 0) is 30.7 Å². The monoisotopic (exact) mass is 232 g/mol. The van der Waals surface area contributed by atoms with Crippen molar-refractivity contribution in [2.75, 3.05) is 6.54 Å². The first kappa shape index (κ1) is 14.0. The molecule has 0 amide bonds. The Balaban J connectivity index is 2.58. The zero-order valence-corrected chi connectivity index (χ0v) is 11.2. The lowest BCUT2D eigenvalue weighted by Crippen LogP contribution is -2.31. The average Bonchev–Trinajstić information content (AvgIpc) is 2.58. The van der Waals surface area contributed by atoms with Crippen LogP contribution in [0, 0.1) is 28.6 Å². The topological polar surface area (TPSA) is 35.8 Å². The van der Waals surface area contributed by atoms with Gasteiger partial charge in [-0.15, -0.1) is 0 Å². The van der Waals surface area contributed by atoms with Gasteiger partial charge < -0.3 is 5.32 Å². The molecule has 1 fully saturated rings. The van der Waals surface area contributed by atoms with Crippen molar-refractivity contribution in [1.29, 1.82) is 5.26 Å². The Hall–Kier alpha value is -1.07. The third-order valence-corrected chi connectivity index (χ3v) is 3.28. The lowest BCUT2D eigenvalue weighted by atomic mass is 9.81. The number of hydrogen-bond donors (Lipinski definition) is 1. The third-order valence-electron chi connectivity index (χ3n) is 3.28. The second kappa shape index (κ2) is 6.02. The van der Waals surface area contributed by atoms with Gasteiger partial charge in [0.25, 0.3) is 0 Å². The molecule has 0 aromatic heterocycles. The van der Waals surface area contributed by atoms with E-state index in [4.69, 9.17) is 0 Å². The van der Waals surface area contributed by atoms with Gasteiger partial charge in [-0.25, -0.2) is 0 Å². The second-order valence-electron chi connectivity index (χ2n) is 6.09. The van der Waals surface area contributed by atoms with Crippen molar-refractivity contribution in [3.63, 3.8) is 0 Å². The maximum atomic E-state index is 9.33. The highest BCUT2D eigenvalue weighted by molar-refractivity contribution is 5.06. The number of hydrogen-bond acceptors (Lipinski definition) is 2. The fourth-order valence-electron chi connectivity index (χ4n) is 2.52. The van der Waals surface area contributed by atoms with Gasteiger partial charge in [0.05, 0.1) is 12.0 Å². The molecule has 1 aliphatic heterocycles. The van der Waals surface area contributed by atoms with Crippen LogP contribution < -0.4 is 5.32 Å². The van der Waals surface area contributed by atoms with Gasteiger partial charge in [0, 0.05) is 6.04 Å². The summed E-state index contributed by atoms with van der Waals surface area (Å²) in [5.74, 6) is 0.590. The molecule has 0 aliphatic carbocycles. The highest BCUT2D eigenvalue weighted by Crippen LogP contribution is 2.32. The summed E-state index contributed by atoms with van der Waals surface area (Å²) in [5, 5.41) is 12.8. The van der Waals surface area contributed by atoms with Crippen molar-refractivity contribution < 1.29 is 0 Å². The molecule has 17 heavy (non-hydrogen) atoms. The molecule has 0 saturated carbocycles. The molecule has 0 bridgehead atoms. The average molecular weight is 232 g/mol. The summed E-state index contributed by atoms with van der Waals surface area (Å²) in [6, 6.07) is 2.84. The summed E-state index contributed by atoms with van der Waals surface area (Å²) in [4.78, 5) is 0. The van der Waals surface area contributed by atoms with Crippen molar-refractivity contribution in [2.24, 2.45) is 17.3 Å². The highest BCUT2D eigenvalue weighted by atomic mass is 15.0. The van der Waals surface area contributed by atoms with Crippen LogP contribution in [0.5, 0.6) is 0 Å². The predicted molar refractivity (Wildman–Crippen MR) is 72.4 cm³/mol. The Kier molecular flexibility index (Phi) is 4.96. The van der Waals surface area contributed by atoms with Crippen LogP contribution in [0.15, 0.2) is 24.8 Å². The summed E-state index contributed by atoms with van der Waals surface area (Å²) in [5.41, 5.74) is 0.276. The minimum absolute atomic E-state index is 0.142. The van der Waals surface area contributed by atoms with Gasteiger partial charge >= 0.3 is 0 Å². The van der Waals surface area contributed by atoms with Crippen LogP contribution in [0.4, 0.5) is 0 Å². The fraction of sp³-hybridized carbons (Fsp3) is 0.667. The quantitative estimate of drug-likeness (QED) is 0.755. The van der Waals surface area contributed by atoms with Crippen LogP contribution in [-0.2, 0) is 0 Å². The molecule has 3 unspecified atom stereocenters. The Morgan fingerprint density at radius 2 is 2.18 bits per heavy atom. The van der Waals surface area contributed by atoms with E-state index >= 15 is 0 Å². The minimum atomic E-state index is 0.142. The molecule has 1 aliphatic rings. The van der Waals surface area contributed by atoms with E-state index in [9.17, 15) is 5.26 Å².